The SMILES string of the molecule is COc1ccc(N2C(=O)C(c3ccc(Cl)cc3)=C(N3CCC(C)CC3)C2=O)cc1OC. The second-order valence-corrected chi connectivity index (χ2v) is 8.32. The Balaban J connectivity index is 1.79. The van der Waals surface area contributed by atoms with Gasteiger partial charge in [0.25, 0.3) is 11.8 Å². The molecule has 0 radical (unpaired) electrons. The molecule has 2 aromatic carbocycles. The number of ether oxygens (including phenoxy) is 2. The molecule has 0 atom stereocenters. The minimum atomic E-state index is -0.354. The van der Waals surface area contributed by atoms with Gasteiger partial charge in [-0.05, 0) is 48.6 Å². The zero-order chi connectivity index (χ0) is 22.1. The van der Waals surface area contributed by atoms with Gasteiger partial charge in [0.05, 0.1) is 25.5 Å². The Kier molecular flexibility index (Phi) is 5.92. The van der Waals surface area contributed by atoms with E-state index in [1.165, 1.54) is 12.0 Å². The van der Waals surface area contributed by atoms with Gasteiger partial charge in [-0.3, -0.25) is 9.59 Å². The number of benzene rings is 2. The largest absolute Gasteiger partial charge is 0.493 e. The van der Waals surface area contributed by atoms with E-state index >= 15 is 0 Å². The van der Waals surface area contributed by atoms with Crippen molar-refractivity contribution < 1.29 is 19.1 Å². The van der Waals surface area contributed by atoms with Crippen LogP contribution >= 0.6 is 11.6 Å². The highest BCUT2D eigenvalue weighted by Gasteiger charge is 2.43. The zero-order valence-corrected chi connectivity index (χ0v) is 18.6. The lowest BCUT2D eigenvalue weighted by Crippen LogP contribution is -2.38. The maximum absolute atomic E-state index is 13.6. The number of rotatable bonds is 5. The maximum atomic E-state index is 13.6. The van der Waals surface area contributed by atoms with Gasteiger partial charge in [-0.1, -0.05) is 30.7 Å². The Hall–Kier alpha value is -2.99. The van der Waals surface area contributed by atoms with Gasteiger partial charge in [0.1, 0.15) is 5.70 Å². The van der Waals surface area contributed by atoms with Crippen LogP contribution in [0.5, 0.6) is 11.5 Å². The number of methoxy groups -OCH3 is 2. The van der Waals surface area contributed by atoms with Crippen molar-refractivity contribution in [2.75, 3.05) is 32.2 Å². The quantitative estimate of drug-likeness (QED) is 0.646. The Morgan fingerprint density at radius 2 is 1.55 bits per heavy atom. The van der Waals surface area contributed by atoms with Crippen LogP contribution in [0.4, 0.5) is 5.69 Å². The monoisotopic (exact) mass is 440 g/mol. The number of carbonyl (C=O) groups is 2. The number of amides is 2. The maximum Gasteiger partial charge on any atom is 0.282 e. The number of piperidine rings is 1. The number of likely N-dealkylation sites (tertiary alicyclic amines) is 1. The molecule has 0 N–H and O–H groups in total. The molecule has 2 aliphatic rings. The van der Waals surface area contributed by atoms with E-state index in [2.05, 4.69) is 6.92 Å². The molecule has 0 aromatic heterocycles. The fraction of sp³-hybridized carbons (Fsp3) is 0.333. The van der Waals surface area contributed by atoms with E-state index in [1.807, 2.05) is 4.90 Å². The fourth-order valence-electron chi connectivity index (χ4n) is 4.12. The van der Waals surface area contributed by atoms with Crippen molar-refractivity contribution in [1.29, 1.82) is 0 Å². The van der Waals surface area contributed by atoms with E-state index in [0.29, 0.717) is 45.0 Å². The Morgan fingerprint density at radius 3 is 2.16 bits per heavy atom. The molecule has 0 bridgehead atoms. The summed E-state index contributed by atoms with van der Waals surface area (Å²) in [6.07, 6.45) is 1.96. The third-order valence-corrected chi connectivity index (χ3v) is 6.17. The standard InChI is InChI=1S/C24H25ClN2O4/c1-15-10-12-26(13-11-15)22-21(16-4-6-17(25)7-5-16)23(28)27(24(22)29)18-8-9-19(30-2)20(14-18)31-3/h4-9,14-15H,10-13H2,1-3H3. The van der Waals surface area contributed by atoms with Gasteiger partial charge in [-0.25, -0.2) is 4.90 Å². The molecule has 162 valence electrons. The van der Waals surface area contributed by atoms with Crippen LogP contribution in [0.1, 0.15) is 25.3 Å². The van der Waals surface area contributed by atoms with E-state index in [9.17, 15) is 9.59 Å². The third-order valence-electron chi connectivity index (χ3n) is 5.92. The van der Waals surface area contributed by atoms with Gasteiger partial charge in [0.15, 0.2) is 11.5 Å². The smallest absolute Gasteiger partial charge is 0.282 e. The first-order chi connectivity index (χ1) is 14.9. The molecule has 2 amide bonds. The van der Waals surface area contributed by atoms with Crippen LogP contribution in [0.15, 0.2) is 48.2 Å². The van der Waals surface area contributed by atoms with Crippen LogP contribution in [0.25, 0.3) is 5.57 Å². The van der Waals surface area contributed by atoms with Gasteiger partial charge >= 0.3 is 0 Å². The van der Waals surface area contributed by atoms with Gasteiger partial charge in [0.2, 0.25) is 0 Å². The lowest BCUT2D eigenvalue weighted by molar-refractivity contribution is -0.120. The van der Waals surface area contributed by atoms with Crippen molar-refractivity contribution >= 4 is 34.7 Å². The summed E-state index contributed by atoms with van der Waals surface area (Å²) in [6.45, 7) is 3.70. The summed E-state index contributed by atoms with van der Waals surface area (Å²) in [5.41, 5.74) is 1.99. The molecule has 0 spiro atoms. The molecule has 7 heteroatoms. The van der Waals surface area contributed by atoms with E-state index in [1.54, 1.807) is 49.6 Å². The Bertz CT molecular complexity index is 1040. The lowest BCUT2D eigenvalue weighted by Gasteiger charge is -2.32. The third kappa shape index (κ3) is 3.88. The minimum Gasteiger partial charge on any atom is -0.493 e. The van der Waals surface area contributed by atoms with E-state index < -0.39 is 0 Å². The fourth-order valence-corrected chi connectivity index (χ4v) is 4.24. The first-order valence-corrected chi connectivity index (χ1v) is 10.7. The number of carbonyl (C=O) groups excluding carboxylic acids is 2. The molecular weight excluding hydrogens is 416 g/mol. The molecule has 2 heterocycles. The number of imide groups is 1. The summed E-state index contributed by atoms with van der Waals surface area (Å²) in [6, 6.07) is 12.1. The van der Waals surface area contributed by atoms with Gasteiger partial charge < -0.3 is 14.4 Å². The zero-order valence-electron chi connectivity index (χ0n) is 17.9. The molecule has 1 fully saturated rings. The molecular formula is C24H25ClN2O4. The predicted octanol–water partition coefficient (Wildman–Crippen LogP) is 4.37. The second kappa shape index (κ2) is 8.63. The van der Waals surface area contributed by atoms with Crippen molar-refractivity contribution in [3.05, 3.63) is 58.7 Å². The summed E-state index contributed by atoms with van der Waals surface area (Å²) in [7, 11) is 3.06. The van der Waals surface area contributed by atoms with Crippen LogP contribution in [-0.4, -0.2) is 44.0 Å². The molecule has 1 saturated heterocycles. The number of hydrogen-bond acceptors (Lipinski definition) is 5. The number of hydrogen-bond donors (Lipinski definition) is 0. The van der Waals surface area contributed by atoms with E-state index in [4.69, 9.17) is 21.1 Å². The highest BCUT2D eigenvalue weighted by atomic mass is 35.5. The molecule has 2 aliphatic heterocycles. The van der Waals surface area contributed by atoms with Gasteiger partial charge in [-0.2, -0.15) is 0 Å². The van der Waals surface area contributed by atoms with Crippen molar-refractivity contribution in [1.82, 2.24) is 4.90 Å². The van der Waals surface area contributed by atoms with E-state index in [0.717, 1.165) is 25.9 Å². The lowest BCUT2D eigenvalue weighted by atomic mass is 9.97. The summed E-state index contributed by atoms with van der Waals surface area (Å²) in [5, 5.41) is 0.575. The van der Waals surface area contributed by atoms with Crippen LogP contribution in [0.2, 0.25) is 5.02 Å². The van der Waals surface area contributed by atoms with Crippen molar-refractivity contribution in [2.45, 2.75) is 19.8 Å². The normalized spacial score (nSPS) is 17.5. The summed E-state index contributed by atoms with van der Waals surface area (Å²) >= 11 is 6.06. The number of anilines is 1. The molecule has 0 aliphatic carbocycles. The summed E-state index contributed by atoms with van der Waals surface area (Å²) < 4.78 is 10.7. The van der Waals surface area contributed by atoms with Crippen LogP contribution in [0.3, 0.4) is 0 Å². The highest BCUT2D eigenvalue weighted by molar-refractivity contribution is 6.45. The van der Waals surface area contributed by atoms with Crippen LogP contribution in [-0.2, 0) is 9.59 Å². The summed E-state index contributed by atoms with van der Waals surface area (Å²) in [5.74, 6) is 0.908. The first kappa shape index (κ1) is 21.2. The van der Waals surface area contributed by atoms with Crippen molar-refractivity contribution in [3.63, 3.8) is 0 Å². The molecule has 0 unspecified atom stereocenters. The average molecular weight is 441 g/mol. The van der Waals surface area contributed by atoms with E-state index in [-0.39, 0.29) is 11.8 Å². The molecule has 4 rings (SSSR count). The molecule has 2 aromatic rings. The number of halogens is 1. The second-order valence-electron chi connectivity index (χ2n) is 7.89. The van der Waals surface area contributed by atoms with Crippen molar-refractivity contribution in [3.8, 4) is 11.5 Å². The predicted molar refractivity (Wildman–Crippen MR) is 120 cm³/mol. The van der Waals surface area contributed by atoms with Gasteiger partial charge in [-0.15, -0.1) is 0 Å². The van der Waals surface area contributed by atoms with Crippen LogP contribution in [0, 0.1) is 5.92 Å². The highest BCUT2D eigenvalue weighted by Crippen LogP contribution is 2.39. The minimum absolute atomic E-state index is 0.322. The number of nitrogens with zero attached hydrogens (tertiary/aromatic N) is 2. The molecule has 0 saturated carbocycles. The average Bonchev–Trinajstić information content (AvgIpc) is 3.04. The summed E-state index contributed by atoms with van der Waals surface area (Å²) in [4.78, 5) is 30.5. The molecule has 31 heavy (non-hydrogen) atoms. The Labute approximate surface area is 187 Å². The topological polar surface area (TPSA) is 59.1 Å². The van der Waals surface area contributed by atoms with Crippen molar-refractivity contribution in [2.24, 2.45) is 5.92 Å². The first-order valence-electron chi connectivity index (χ1n) is 10.3. The Morgan fingerprint density at radius 1 is 0.903 bits per heavy atom. The van der Waals surface area contributed by atoms with Crippen LogP contribution < -0.4 is 14.4 Å². The molecule has 6 nitrogen and oxygen atoms in total. The van der Waals surface area contributed by atoms with Gasteiger partial charge in [0, 0.05) is 24.2 Å².